The van der Waals surface area contributed by atoms with Gasteiger partial charge in [0.05, 0.1) is 20.9 Å². The molecule has 1 aliphatic heterocycles. The Bertz CT molecular complexity index is 1130. The summed E-state index contributed by atoms with van der Waals surface area (Å²) in [6.07, 6.45) is 0.640. The molecule has 1 N–H and O–H groups in total. The maximum absolute atomic E-state index is 13.5. The molecule has 28 heavy (non-hydrogen) atoms. The Balaban J connectivity index is 1.90. The molecule has 0 radical (unpaired) electrons. The van der Waals surface area contributed by atoms with Crippen LogP contribution in [0, 0.1) is 26.7 Å². The minimum Gasteiger partial charge on any atom is -0.352 e. The highest BCUT2D eigenvalue weighted by Gasteiger charge is 2.29. The van der Waals surface area contributed by atoms with E-state index in [4.69, 9.17) is 0 Å². The Labute approximate surface area is 173 Å². The van der Waals surface area contributed by atoms with Crippen molar-refractivity contribution in [3.05, 3.63) is 80.2 Å². The number of hydrogen-bond acceptors (Lipinski definition) is 2. The number of benzene rings is 2. The van der Waals surface area contributed by atoms with E-state index in [2.05, 4.69) is 27.9 Å². The molecule has 140 valence electrons. The highest BCUT2D eigenvalue weighted by Crippen LogP contribution is 2.36. The molecule has 4 rings (SSSR count). The van der Waals surface area contributed by atoms with Crippen molar-refractivity contribution in [2.24, 2.45) is 0 Å². The van der Waals surface area contributed by atoms with E-state index in [0.29, 0.717) is 30.6 Å². The summed E-state index contributed by atoms with van der Waals surface area (Å²) in [5, 5.41) is 12.2. The molecule has 0 unspecified atom stereocenters. The first-order valence-corrected chi connectivity index (χ1v) is 9.71. The van der Waals surface area contributed by atoms with E-state index in [9.17, 15) is 18.8 Å². The van der Waals surface area contributed by atoms with Crippen molar-refractivity contribution in [1.29, 1.82) is 5.26 Å². The van der Waals surface area contributed by atoms with Gasteiger partial charge in [-0.2, -0.15) is 5.26 Å². The first-order valence-electron chi connectivity index (χ1n) is 8.63. The topological polar surface area (TPSA) is 57.8 Å². The third-order valence-electron chi connectivity index (χ3n) is 4.84. The van der Waals surface area contributed by atoms with E-state index in [-0.39, 0.29) is 17.3 Å². The molecular formula is C21H14F2IN3O. The van der Waals surface area contributed by atoms with Gasteiger partial charge in [0.25, 0.3) is 5.91 Å². The summed E-state index contributed by atoms with van der Waals surface area (Å²) in [4.78, 5) is 12.6. The Morgan fingerprint density at radius 2 is 1.82 bits per heavy atom. The zero-order valence-corrected chi connectivity index (χ0v) is 16.8. The number of amides is 1. The zero-order valence-electron chi connectivity index (χ0n) is 14.6. The Hall–Kier alpha value is -2.73. The fourth-order valence-corrected chi connectivity index (χ4v) is 4.57. The second-order valence-electron chi connectivity index (χ2n) is 6.50. The molecule has 0 fully saturated rings. The van der Waals surface area contributed by atoms with Crippen LogP contribution in [0.5, 0.6) is 0 Å². The van der Waals surface area contributed by atoms with Crippen LogP contribution in [0.25, 0.3) is 11.1 Å². The van der Waals surface area contributed by atoms with Gasteiger partial charge in [-0.05, 0) is 58.0 Å². The monoisotopic (exact) mass is 489 g/mol. The Kier molecular flexibility index (Phi) is 4.89. The third-order valence-corrected chi connectivity index (χ3v) is 5.96. The summed E-state index contributed by atoms with van der Waals surface area (Å²) >= 11 is 2.17. The van der Waals surface area contributed by atoms with Crippen molar-refractivity contribution in [3.63, 3.8) is 0 Å². The summed E-state index contributed by atoms with van der Waals surface area (Å²) in [5.74, 6) is -0.978. The first-order chi connectivity index (χ1) is 13.5. The van der Waals surface area contributed by atoms with E-state index in [1.54, 1.807) is 18.2 Å². The van der Waals surface area contributed by atoms with Gasteiger partial charge in [0, 0.05) is 30.8 Å². The average molecular weight is 489 g/mol. The molecule has 0 saturated carbocycles. The number of hydrogen-bond donors (Lipinski definition) is 1. The quantitative estimate of drug-likeness (QED) is 0.560. The van der Waals surface area contributed by atoms with Crippen LogP contribution in [0.15, 0.2) is 42.5 Å². The van der Waals surface area contributed by atoms with Crippen molar-refractivity contribution in [1.82, 2.24) is 9.88 Å². The molecule has 1 aliphatic rings. The largest absolute Gasteiger partial charge is 0.352 e. The van der Waals surface area contributed by atoms with Crippen LogP contribution in [0.2, 0.25) is 0 Å². The second-order valence-corrected chi connectivity index (χ2v) is 7.52. The van der Waals surface area contributed by atoms with Gasteiger partial charge in [0.15, 0.2) is 0 Å². The van der Waals surface area contributed by atoms with E-state index in [0.717, 1.165) is 20.5 Å². The highest BCUT2D eigenvalue weighted by molar-refractivity contribution is 14.1. The van der Waals surface area contributed by atoms with Gasteiger partial charge in [-0.1, -0.05) is 18.2 Å². The van der Waals surface area contributed by atoms with Crippen LogP contribution in [0.1, 0.15) is 27.2 Å². The lowest BCUT2D eigenvalue weighted by molar-refractivity contribution is 0.0946. The second kappa shape index (κ2) is 7.36. The minimum atomic E-state index is -0.462. The Morgan fingerprint density at radius 1 is 1.11 bits per heavy atom. The zero-order chi connectivity index (χ0) is 19.8. The normalized spacial score (nSPS) is 13.0. The fraction of sp³-hybridized carbons (Fsp3) is 0.143. The van der Waals surface area contributed by atoms with Crippen LogP contribution in [-0.4, -0.2) is 17.0 Å². The molecule has 2 aromatic carbocycles. The number of fused-ring (bicyclic) bond motifs is 1. The highest BCUT2D eigenvalue weighted by atomic mass is 127. The van der Waals surface area contributed by atoms with Crippen molar-refractivity contribution in [3.8, 4) is 17.2 Å². The van der Waals surface area contributed by atoms with Crippen LogP contribution in [0.3, 0.4) is 0 Å². The minimum absolute atomic E-state index is 0.170. The molecule has 7 heteroatoms. The van der Waals surface area contributed by atoms with Crippen LogP contribution < -0.4 is 5.32 Å². The average Bonchev–Trinajstić information content (AvgIpc) is 2.97. The molecule has 0 spiro atoms. The number of carbonyl (C=O) groups is 1. The van der Waals surface area contributed by atoms with Gasteiger partial charge < -0.3 is 9.88 Å². The van der Waals surface area contributed by atoms with Gasteiger partial charge >= 0.3 is 0 Å². The molecule has 4 nitrogen and oxygen atoms in total. The molecule has 3 aromatic rings. The molecule has 0 bridgehead atoms. The number of rotatable bonds is 3. The van der Waals surface area contributed by atoms with E-state index < -0.39 is 5.82 Å². The summed E-state index contributed by atoms with van der Waals surface area (Å²) in [6.45, 7) is 0.863. The van der Waals surface area contributed by atoms with Crippen molar-refractivity contribution >= 4 is 28.5 Å². The van der Waals surface area contributed by atoms with Gasteiger partial charge in [-0.25, -0.2) is 8.78 Å². The fourth-order valence-electron chi connectivity index (χ4n) is 3.53. The molecular weight excluding hydrogens is 475 g/mol. The molecule has 1 aromatic heterocycles. The standard InChI is InChI=1S/C21H14F2IN3O/c22-15-4-1-12(2-5-15)18-19-17(7-8-26-21(19)28)27(20(18)24)11-13-3-6-16(23)9-14(13)10-25/h1-6,9H,7-8,11H2,(H,26,28). The maximum atomic E-state index is 13.5. The van der Waals surface area contributed by atoms with E-state index in [1.165, 1.54) is 24.3 Å². The molecule has 0 atom stereocenters. The SMILES string of the molecule is N#Cc1cc(F)ccc1Cn1c(I)c(-c2ccc(F)cc2)c2c1CCNC2=O. The smallest absolute Gasteiger partial charge is 0.253 e. The summed E-state index contributed by atoms with van der Waals surface area (Å²) in [7, 11) is 0. The van der Waals surface area contributed by atoms with Crippen LogP contribution in [0.4, 0.5) is 8.78 Å². The number of halogens is 3. The third kappa shape index (κ3) is 3.18. The number of nitrogens with zero attached hydrogens (tertiary/aromatic N) is 2. The van der Waals surface area contributed by atoms with Crippen LogP contribution >= 0.6 is 22.6 Å². The van der Waals surface area contributed by atoms with Crippen LogP contribution in [-0.2, 0) is 13.0 Å². The first kappa shape index (κ1) is 18.6. The van der Waals surface area contributed by atoms with Crippen molar-refractivity contribution in [2.45, 2.75) is 13.0 Å². The molecule has 2 heterocycles. The predicted molar refractivity (Wildman–Crippen MR) is 109 cm³/mol. The van der Waals surface area contributed by atoms with Crippen molar-refractivity contribution in [2.75, 3.05) is 6.54 Å². The van der Waals surface area contributed by atoms with Gasteiger partial charge in [0.1, 0.15) is 11.6 Å². The number of aromatic nitrogens is 1. The molecule has 1 amide bonds. The van der Waals surface area contributed by atoms with Gasteiger partial charge in [-0.3, -0.25) is 4.79 Å². The van der Waals surface area contributed by atoms with Gasteiger partial charge in [0.2, 0.25) is 0 Å². The van der Waals surface area contributed by atoms with E-state index in [1.807, 2.05) is 10.6 Å². The number of nitriles is 1. The number of nitrogens with one attached hydrogen (secondary N) is 1. The Morgan fingerprint density at radius 3 is 2.54 bits per heavy atom. The summed E-state index contributed by atoms with van der Waals surface area (Å²) < 4.78 is 29.7. The van der Waals surface area contributed by atoms with Gasteiger partial charge in [-0.15, -0.1) is 0 Å². The summed E-state index contributed by atoms with van der Waals surface area (Å²) in [6, 6.07) is 12.2. The predicted octanol–water partition coefficient (Wildman–Crippen LogP) is 4.24. The lowest BCUT2D eigenvalue weighted by atomic mass is 9.99. The van der Waals surface area contributed by atoms with E-state index >= 15 is 0 Å². The lowest BCUT2D eigenvalue weighted by Crippen LogP contribution is -2.32. The number of carbonyl (C=O) groups excluding carboxylic acids is 1. The maximum Gasteiger partial charge on any atom is 0.253 e. The molecule has 0 aliphatic carbocycles. The van der Waals surface area contributed by atoms with Crippen molar-refractivity contribution < 1.29 is 13.6 Å². The lowest BCUT2D eigenvalue weighted by Gasteiger charge is -2.17. The molecule has 0 saturated heterocycles. The summed E-state index contributed by atoms with van der Waals surface area (Å²) in [5.41, 5.74) is 3.87.